The van der Waals surface area contributed by atoms with Gasteiger partial charge < -0.3 is 10.1 Å². The molecule has 17 heavy (non-hydrogen) atoms. The minimum atomic E-state index is 0.860. The summed E-state index contributed by atoms with van der Waals surface area (Å²) in [5.74, 6) is 0.860. The molecule has 0 aliphatic rings. The quantitative estimate of drug-likeness (QED) is 0.875. The van der Waals surface area contributed by atoms with E-state index >= 15 is 0 Å². The highest BCUT2D eigenvalue weighted by atomic mass is 16.5. The highest BCUT2D eigenvalue weighted by molar-refractivity contribution is 5.92. The predicted octanol–water partition coefficient (Wildman–Crippen LogP) is 3.24. The summed E-state index contributed by atoms with van der Waals surface area (Å²) >= 11 is 0. The van der Waals surface area contributed by atoms with Gasteiger partial charge in [-0.15, -0.1) is 0 Å². The minimum Gasteiger partial charge on any atom is -0.497 e. The van der Waals surface area contributed by atoms with E-state index in [-0.39, 0.29) is 0 Å². The fourth-order valence-electron chi connectivity index (χ4n) is 1.98. The summed E-state index contributed by atoms with van der Waals surface area (Å²) in [6.07, 6.45) is 2.12. The zero-order chi connectivity index (χ0) is 12.3. The van der Waals surface area contributed by atoms with Gasteiger partial charge in [0.2, 0.25) is 0 Å². The second kappa shape index (κ2) is 5.04. The monoisotopic (exact) mass is 230 g/mol. The molecule has 1 heterocycles. The lowest BCUT2D eigenvalue weighted by Crippen LogP contribution is -1.97. The Kier molecular flexibility index (Phi) is 3.47. The van der Waals surface area contributed by atoms with Crippen LogP contribution in [-0.2, 0) is 6.42 Å². The van der Waals surface area contributed by atoms with Crippen LogP contribution in [0.4, 0.5) is 5.69 Å². The van der Waals surface area contributed by atoms with Crippen molar-refractivity contribution < 1.29 is 4.74 Å². The van der Waals surface area contributed by atoms with Gasteiger partial charge >= 0.3 is 0 Å². The molecular formula is C14H18N2O. The first-order chi connectivity index (χ1) is 8.28. The van der Waals surface area contributed by atoms with Gasteiger partial charge in [0.05, 0.1) is 12.6 Å². The molecule has 2 rings (SSSR count). The van der Waals surface area contributed by atoms with Gasteiger partial charge in [-0.05, 0) is 30.7 Å². The molecule has 0 radical (unpaired) electrons. The summed E-state index contributed by atoms with van der Waals surface area (Å²) in [7, 11) is 3.61. The van der Waals surface area contributed by atoms with E-state index in [1.54, 1.807) is 7.11 Å². The van der Waals surface area contributed by atoms with Crippen molar-refractivity contribution in [1.82, 2.24) is 4.98 Å². The van der Waals surface area contributed by atoms with E-state index in [2.05, 4.69) is 23.3 Å². The number of methoxy groups -OCH3 is 1. The minimum absolute atomic E-state index is 0.860. The number of rotatable bonds is 4. The molecule has 1 N–H and O–H groups in total. The Morgan fingerprint density at radius 3 is 2.76 bits per heavy atom. The lowest BCUT2D eigenvalue weighted by Gasteiger charge is -2.10. The molecule has 0 fully saturated rings. The fraction of sp³-hybridized carbons (Fsp3) is 0.357. The van der Waals surface area contributed by atoms with E-state index in [9.17, 15) is 0 Å². The number of fused-ring (bicyclic) bond motifs is 1. The smallest absolute Gasteiger partial charge is 0.119 e. The van der Waals surface area contributed by atoms with Crippen molar-refractivity contribution in [3.05, 3.63) is 30.0 Å². The molecule has 0 bridgehead atoms. The number of aromatic nitrogens is 1. The number of hydrogen-bond acceptors (Lipinski definition) is 3. The summed E-state index contributed by atoms with van der Waals surface area (Å²) < 4.78 is 5.24. The molecular weight excluding hydrogens is 212 g/mol. The van der Waals surface area contributed by atoms with Gasteiger partial charge in [-0.1, -0.05) is 13.3 Å². The van der Waals surface area contributed by atoms with Gasteiger partial charge in [0.25, 0.3) is 0 Å². The summed E-state index contributed by atoms with van der Waals surface area (Å²) in [6.45, 7) is 2.17. The number of hydrogen-bond donors (Lipinski definition) is 1. The van der Waals surface area contributed by atoms with Crippen LogP contribution in [0.5, 0.6) is 5.75 Å². The summed E-state index contributed by atoms with van der Waals surface area (Å²) in [5.41, 5.74) is 3.26. The maximum Gasteiger partial charge on any atom is 0.119 e. The summed E-state index contributed by atoms with van der Waals surface area (Å²) in [4.78, 5) is 4.65. The molecule has 0 atom stereocenters. The summed E-state index contributed by atoms with van der Waals surface area (Å²) in [6, 6.07) is 8.09. The van der Waals surface area contributed by atoms with Crippen LogP contribution in [0.3, 0.4) is 0 Å². The van der Waals surface area contributed by atoms with Gasteiger partial charge in [-0.3, -0.25) is 4.98 Å². The number of nitrogens with zero attached hydrogens (tertiary/aromatic N) is 1. The van der Waals surface area contributed by atoms with Gasteiger partial charge in [0, 0.05) is 23.8 Å². The zero-order valence-electron chi connectivity index (χ0n) is 10.6. The predicted molar refractivity (Wildman–Crippen MR) is 71.8 cm³/mol. The molecule has 2 aromatic rings. The topological polar surface area (TPSA) is 34.1 Å². The molecule has 0 amide bonds. The van der Waals surface area contributed by atoms with E-state index in [0.29, 0.717) is 0 Å². The van der Waals surface area contributed by atoms with Crippen molar-refractivity contribution in [2.45, 2.75) is 19.8 Å². The van der Waals surface area contributed by atoms with E-state index in [0.717, 1.165) is 40.9 Å². The lowest BCUT2D eigenvalue weighted by atomic mass is 10.1. The second-order valence-electron chi connectivity index (χ2n) is 4.04. The van der Waals surface area contributed by atoms with Crippen LogP contribution in [-0.4, -0.2) is 19.1 Å². The Morgan fingerprint density at radius 2 is 2.12 bits per heavy atom. The third kappa shape index (κ3) is 2.33. The first-order valence-electron chi connectivity index (χ1n) is 5.94. The molecule has 0 saturated heterocycles. The standard InChI is InChI=1S/C14H18N2O/c1-4-5-10-8-14(15-2)12-9-11(17-3)6-7-13(12)16-10/h6-9H,4-5H2,1-3H3,(H,15,16). The van der Waals surface area contributed by atoms with Gasteiger partial charge in [-0.2, -0.15) is 0 Å². The molecule has 3 heteroatoms. The number of nitrogens with one attached hydrogen (secondary N) is 1. The molecule has 0 aliphatic heterocycles. The van der Waals surface area contributed by atoms with Crippen LogP contribution in [0.2, 0.25) is 0 Å². The van der Waals surface area contributed by atoms with Crippen LogP contribution in [0.15, 0.2) is 24.3 Å². The van der Waals surface area contributed by atoms with Crippen LogP contribution >= 0.6 is 0 Å². The van der Waals surface area contributed by atoms with E-state index < -0.39 is 0 Å². The van der Waals surface area contributed by atoms with Gasteiger partial charge in [0.15, 0.2) is 0 Å². The number of benzene rings is 1. The maximum absolute atomic E-state index is 5.24. The third-order valence-electron chi connectivity index (χ3n) is 2.84. The van der Waals surface area contributed by atoms with Crippen molar-refractivity contribution in [3.63, 3.8) is 0 Å². The Labute approximate surface area is 102 Å². The molecule has 1 aromatic carbocycles. The first-order valence-corrected chi connectivity index (χ1v) is 5.94. The average molecular weight is 230 g/mol. The maximum atomic E-state index is 5.24. The van der Waals surface area contributed by atoms with Crippen LogP contribution < -0.4 is 10.1 Å². The Balaban J connectivity index is 2.60. The molecule has 0 unspecified atom stereocenters. The lowest BCUT2D eigenvalue weighted by molar-refractivity contribution is 0.415. The number of aryl methyl sites for hydroxylation is 1. The number of anilines is 1. The number of pyridine rings is 1. The highest BCUT2D eigenvalue weighted by Crippen LogP contribution is 2.27. The first kappa shape index (κ1) is 11.7. The SMILES string of the molecule is CCCc1cc(NC)c2cc(OC)ccc2n1. The Hall–Kier alpha value is -1.77. The largest absolute Gasteiger partial charge is 0.497 e. The van der Waals surface area contributed by atoms with Crippen molar-refractivity contribution >= 4 is 16.6 Å². The summed E-state index contributed by atoms with van der Waals surface area (Å²) in [5, 5.41) is 4.33. The van der Waals surface area contributed by atoms with Crippen LogP contribution in [0, 0.1) is 0 Å². The fourth-order valence-corrected chi connectivity index (χ4v) is 1.98. The highest BCUT2D eigenvalue weighted by Gasteiger charge is 2.05. The molecule has 1 aromatic heterocycles. The van der Waals surface area contributed by atoms with Gasteiger partial charge in [-0.25, -0.2) is 0 Å². The van der Waals surface area contributed by atoms with Crippen molar-refractivity contribution in [1.29, 1.82) is 0 Å². The van der Waals surface area contributed by atoms with Crippen LogP contribution in [0.1, 0.15) is 19.0 Å². The second-order valence-corrected chi connectivity index (χ2v) is 4.04. The van der Waals surface area contributed by atoms with Crippen molar-refractivity contribution in [2.75, 3.05) is 19.5 Å². The zero-order valence-corrected chi connectivity index (χ0v) is 10.6. The molecule has 0 aliphatic carbocycles. The molecule has 0 saturated carbocycles. The Bertz CT molecular complexity index is 523. The van der Waals surface area contributed by atoms with Crippen LogP contribution in [0.25, 0.3) is 10.9 Å². The van der Waals surface area contributed by atoms with E-state index in [1.165, 1.54) is 0 Å². The van der Waals surface area contributed by atoms with E-state index in [4.69, 9.17) is 4.74 Å². The molecule has 0 spiro atoms. The third-order valence-corrected chi connectivity index (χ3v) is 2.84. The molecule has 3 nitrogen and oxygen atoms in total. The normalized spacial score (nSPS) is 10.5. The van der Waals surface area contributed by atoms with Crippen molar-refractivity contribution in [3.8, 4) is 5.75 Å². The number of ether oxygens (including phenoxy) is 1. The average Bonchev–Trinajstić information content (AvgIpc) is 2.37. The van der Waals surface area contributed by atoms with Crippen molar-refractivity contribution in [2.24, 2.45) is 0 Å². The van der Waals surface area contributed by atoms with Gasteiger partial charge in [0.1, 0.15) is 5.75 Å². The Morgan fingerprint density at radius 1 is 1.29 bits per heavy atom. The van der Waals surface area contributed by atoms with E-state index in [1.807, 2.05) is 25.2 Å². The molecule has 90 valence electrons.